The van der Waals surface area contributed by atoms with E-state index in [0.29, 0.717) is 23.1 Å². The average Bonchev–Trinajstić information content (AvgIpc) is 2.51. The van der Waals surface area contributed by atoms with E-state index in [2.05, 4.69) is 0 Å². The highest BCUT2D eigenvalue weighted by Gasteiger charge is 2.30. The molecular weight excluding hydrogens is 262 g/mol. The van der Waals surface area contributed by atoms with Gasteiger partial charge < -0.3 is 5.73 Å². The maximum Gasteiger partial charge on any atom is 0.209 e. The summed E-state index contributed by atoms with van der Waals surface area (Å²) in [6.45, 7) is 1.98. The van der Waals surface area contributed by atoms with Crippen LogP contribution in [0.25, 0.3) is 0 Å². The summed E-state index contributed by atoms with van der Waals surface area (Å²) in [5.74, 6) is -0.403. The monoisotopic (exact) mass is 277 g/mol. The summed E-state index contributed by atoms with van der Waals surface area (Å²) in [6.07, 6.45) is 0.386. The minimum absolute atomic E-state index is 0.0713. The van der Waals surface area contributed by atoms with Gasteiger partial charge in [0, 0.05) is 23.1 Å². The van der Waals surface area contributed by atoms with Crippen molar-refractivity contribution in [1.29, 1.82) is 0 Å². The summed E-state index contributed by atoms with van der Waals surface area (Å²) >= 11 is 0. The van der Waals surface area contributed by atoms with Crippen LogP contribution in [0.1, 0.15) is 31.8 Å². The predicted molar refractivity (Wildman–Crippen MR) is 81.2 cm³/mol. The summed E-state index contributed by atoms with van der Waals surface area (Å²) in [4.78, 5) is 24.9. The molecule has 0 bridgehead atoms. The molecule has 3 nitrogen and oxygen atoms in total. The lowest BCUT2D eigenvalue weighted by Gasteiger charge is -2.19. The number of hydrogen-bond acceptors (Lipinski definition) is 3. The fraction of sp³-hybridized carbons (Fsp3) is 0.111. The maximum atomic E-state index is 12.6. The molecule has 1 aliphatic rings. The highest BCUT2D eigenvalue weighted by molar-refractivity contribution is 6.26. The van der Waals surface area contributed by atoms with Gasteiger partial charge in [-0.15, -0.1) is 0 Å². The number of fused-ring (bicyclic) bond motifs is 1. The molecule has 2 N–H and O–H groups in total. The molecule has 3 rings (SSSR count). The molecule has 0 heterocycles. The Morgan fingerprint density at radius 3 is 2.10 bits per heavy atom. The second-order valence-corrected chi connectivity index (χ2v) is 5.20. The summed E-state index contributed by atoms with van der Waals surface area (Å²) < 4.78 is 0. The standard InChI is InChI=1S/C18H15NO2/c1-11-6-2-3-7-12(11)10-15-16(19)18(21)14-9-5-4-8-13(14)17(15)20/h2-9H,10,19H2,1H3. The number of allylic oxidation sites excluding steroid dienone is 2. The van der Waals surface area contributed by atoms with Crippen molar-refractivity contribution in [3.8, 4) is 0 Å². The van der Waals surface area contributed by atoms with Gasteiger partial charge in [0.15, 0.2) is 5.78 Å². The highest BCUT2D eigenvalue weighted by atomic mass is 16.1. The lowest BCUT2D eigenvalue weighted by molar-refractivity contribution is 0.0971. The van der Waals surface area contributed by atoms with E-state index < -0.39 is 0 Å². The number of aryl methyl sites for hydroxylation is 1. The van der Waals surface area contributed by atoms with E-state index in [1.54, 1.807) is 24.3 Å². The van der Waals surface area contributed by atoms with E-state index in [0.717, 1.165) is 11.1 Å². The van der Waals surface area contributed by atoms with Crippen molar-refractivity contribution in [1.82, 2.24) is 0 Å². The third kappa shape index (κ3) is 2.17. The summed E-state index contributed by atoms with van der Waals surface area (Å²) in [5.41, 5.74) is 9.33. The number of hydrogen-bond donors (Lipinski definition) is 1. The predicted octanol–water partition coefficient (Wildman–Crippen LogP) is 2.83. The first-order chi connectivity index (χ1) is 10.1. The van der Waals surface area contributed by atoms with Crippen molar-refractivity contribution in [2.24, 2.45) is 5.73 Å². The van der Waals surface area contributed by atoms with Crippen molar-refractivity contribution in [2.45, 2.75) is 13.3 Å². The second-order valence-electron chi connectivity index (χ2n) is 5.20. The van der Waals surface area contributed by atoms with Crippen LogP contribution in [0, 0.1) is 6.92 Å². The first-order valence-electron chi connectivity index (χ1n) is 6.81. The smallest absolute Gasteiger partial charge is 0.209 e. The fourth-order valence-electron chi connectivity index (χ4n) is 2.62. The van der Waals surface area contributed by atoms with Gasteiger partial charge in [-0.1, -0.05) is 48.5 Å². The van der Waals surface area contributed by atoms with Crippen LogP contribution in [0.2, 0.25) is 0 Å². The zero-order chi connectivity index (χ0) is 15.0. The SMILES string of the molecule is Cc1ccccc1CC1=C(N)C(=O)c2ccccc2C1=O. The maximum absolute atomic E-state index is 12.6. The third-order valence-corrected chi connectivity index (χ3v) is 3.89. The van der Waals surface area contributed by atoms with Crippen LogP contribution in [0.4, 0.5) is 0 Å². The van der Waals surface area contributed by atoms with Crippen LogP contribution in [-0.4, -0.2) is 11.6 Å². The molecule has 2 aromatic carbocycles. The van der Waals surface area contributed by atoms with E-state index in [1.807, 2.05) is 31.2 Å². The molecule has 21 heavy (non-hydrogen) atoms. The van der Waals surface area contributed by atoms with Gasteiger partial charge in [-0.25, -0.2) is 0 Å². The number of nitrogens with two attached hydrogens (primary N) is 1. The topological polar surface area (TPSA) is 60.2 Å². The molecule has 0 amide bonds. The van der Waals surface area contributed by atoms with E-state index in [9.17, 15) is 9.59 Å². The third-order valence-electron chi connectivity index (χ3n) is 3.89. The van der Waals surface area contributed by atoms with Gasteiger partial charge in [0.05, 0.1) is 5.70 Å². The Hall–Kier alpha value is -2.68. The molecule has 2 aromatic rings. The molecule has 0 atom stereocenters. The lowest BCUT2D eigenvalue weighted by Crippen LogP contribution is -2.27. The Bertz CT molecular complexity index is 787. The number of Topliss-reactive ketones (excluding diaryl/α,β-unsaturated/α-hetero) is 2. The van der Waals surface area contributed by atoms with Crippen molar-refractivity contribution < 1.29 is 9.59 Å². The molecule has 0 aliphatic heterocycles. The molecule has 0 unspecified atom stereocenters. The second kappa shape index (κ2) is 5.02. The largest absolute Gasteiger partial charge is 0.395 e. The van der Waals surface area contributed by atoms with Crippen LogP contribution in [0.15, 0.2) is 59.8 Å². The van der Waals surface area contributed by atoms with E-state index in [4.69, 9.17) is 5.73 Å². The van der Waals surface area contributed by atoms with Crippen molar-refractivity contribution in [3.05, 3.63) is 82.1 Å². The quantitative estimate of drug-likeness (QED) is 0.918. The Morgan fingerprint density at radius 1 is 0.857 bits per heavy atom. The van der Waals surface area contributed by atoms with Crippen LogP contribution in [-0.2, 0) is 6.42 Å². The Balaban J connectivity index is 2.07. The van der Waals surface area contributed by atoms with Crippen LogP contribution < -0.4 is 5.73 Å². The first-order valence-corrected chi connectivity index (χ1v) is 6.81. The molecule has 104 valence electrons. The summed E-state index contributed by atoms with van der Waals surface area (Å²) in [7, 11) is 0. The molecule has 1 aliphatic carbocycles. The van der Waals surface area contributed by atoms with Gasteiger partial charge in [0.25, 0.3) is 0 Å². The molecule has 0 saturated heterocycles. The van der Waals surface area contributed by atoms with Crippen LogP contribution in [0.5, 0.6) is 0 Å². The normalized spacial score (nSPS) is 14.3. The van der Waals surface area contributed by atoms with Crippen molar-refractivity contribution in [2.75, 3.05) is 0 Å². The molecule has 0 aromatic heterocycles. The number of carbonyl (C=O) groups is 2. The number of benzene rings is 2. The van der Waals surface area contributed by atoms with E-state index in [1.165, 1.54) is 0 Å². The lowest BCUT2D eigenvalue weighted by atomic mass is 9.84. The number of carbonyl (C=O) groups excluding carboxylic acids is 2. The minimum Gasteiger partial charge on any atom is -0.395 e. The van der Waals surface area contributed by atoms with Gasteiger partial charge >= 0.3 is 0 Å². The average molecular weight is 277 g/mol. The minimum atomic E-state index is -0.256. The molecule has 0 spiro atoms. The van der Waals surface area contributed by atoms with Crippen molar-refractivity contribution in [3.63, 3.8) is 0 Å². The van der Waals surface area contributed by atoms with E-state index in [-0.39, 0.29) is 17.3 Å². The fourth-order valence-corrected chi connectivity index (χ4v) is 2.62. The molecular formula is C18H15NO2. The Labute approximate surface area is 123 Å². The molecule has 0 saturated carbocycles. The first kappa shape index (κ1) is 13.3. The van der Waals surface area contributed by atoms with Crippen LogP contribution in [0.3, 0.4) is 0 Å². The number of ketones is 2. The van der Waals surface area contributed by atoms with E-state index >= 15 is 0 Å². The molecule has 0 fully saturated rings. The molecule has 3 heteroatoms. The molecule has 0 radical (unpaired) electrons. The van der Waals surface area contributed by atoms with Gasteiger partial charge in [-0.05, 0) is 18.1 Å². The zero-order valence-electron chi connectivity index (χ0n) is 11.7. The van der Waals surface area contributed by atoms with Crippen molar-refractivity contribution >= 4 is 11.6 Å². The summed E-state index contributed by atoms with van der Waals surface area (Å²) in [6, 6.07) is 14.6. The van der Waals surface area contributed by atoms with Gasteiger partial charge in [0.1, 0.15) is 0 Å². The van der Waals surface area contributed by atoms with Gasteiger partial charge in [-0.3, -0.25) is 9.59 Å². The highest BCUT2D eigenvalue weighted by Crippen LogP contribution is 2.26. The summed E-state index contributed by atoms with van der Waals surface area (Å²) in [5, 5.41) is 0. The van der Waals surface area contributed by atoms with Gasteiger partial charge in [0.2, 0.25) is 5.78 Å². The Morgan fingerprint density at radius 2 is 1.43 bits per heavy atom. The van der Waals surface area contributed by atoms with Crippen LogP contribution >= 0.6 is 0 Å². The number of rotatable bonds is 2. The van der Waals surface area contributed by atoms with Gasteiger partial charge in [-0.2, -0.15) is 0 Å². The Kier molecular flexibility index (Phi) is 3.18. The zero-order valence-corrected chi connectivity index (χ0v) is 11.7.